The first-order chi connectivity index (χ1) is 27.8. The lowest BCUT2D eigenvalue weighted by atomic mass is 10.1. The zero-order chi connectivity index (χ0) is 41.7. The number of carbonyl (C=O) groups excluding carboxylic acids is 3. The molecule has 0 aliphatic heterocycles. The summed E-state index contributed by atoms with van der Waals surface area (Å²) in [6.45, 7) is 9.71. The highest BCUT2D eigenvalue weighted by molar-refractivity contribution is 7.89. The topological polar surface area (TPSA) is 240 Å². The van der Waals surface area contributed by atoms with E-state index in [1.54, 1.807) is 62.7 Å². The number of allylic oxidation sites excluding steroid dienone is 2. The number of hydrogen-bond donors (Lipinski definition) is 5. The van der Waals surface area contributed by atoms with Crippen LogP contribution in [0.5, 0.6) is 5.75 Å². The second kappa shape index (κ2) is 17.4. The number of aromatic nitrogens is 8. The van der Waals surface area contributed by atoms with Crippen LogP contribution in [0.1, 0.15) is 63.0 Å². The first kappa shape index (κ1) is 41.3. The molecule has 0 bridgehead atoms. The van der Waals surface area contributed by atoms with Crippen molar-refractivity contribution in [3.8, 4) is 5.75 Å². The summed E-state index contributed by atoms with van der Waals surface area (Å²) in [6.07, 6.45) is 4.36. The van der Waals surface area contributed by atoms with Crippen LogP contribution in [-0.4, -0.2) is 92.0 Å². The predicted molar refractivity (Wildman–Crippen MR) is 219 cm³/mol. The Balaban J connectivity index is 1.39. The van der Waals surface area contributed by atoms with E-state index in [0.717, 1.165) is 0 Å². The third-order valence-corrected chi connectivity index (χ3v) is 10.7. The number of benzene rings is 2. The van der Waals surface area contributed by atoms with Crippen LogP contribution in [0.25, 0.3) is 22.1 Å². The predicted octanol–water partition coefficient (Wildman–Crippen LogP) is 3.19. The van der Waals surface area contributed by atoms with Crippen molar-refractivity contribution in [1.29, 1.82) is 0 Å². The number of hydrogen-bond acceptors (Lipinski definition) is 11. The molecule has 0 fully saturated rings. The van der Waals surface area contributed by atoms with Gasteiger partial charge in [-0.3, -0.25) is 34.4 Å². The number of sulfonamides is 1. The van der Waals surface area contributed by atoms with E-state index in [4.69, 9.17) is 15.5 Å². The lowest BCUT2D eigenvalue weighted by molar-refractivity contribution is 0.0994. The molecule has 0 saturated heterocycles. The lowest BCUT2D eigenvalue weighted by Gasteiger charge is -2.13. The Morgan fingerprint density at radius 1 is 0.810 bits per heavy atom. The molecule has 0 atom stereocenters. The third-order valence-electron chi connectivity index (χ3n) is 9.28. The smallest absolute Gasteiger partial charge is 0.276 e. The molecule has 6 aromatic rings. The summed E-state index contributed by atoms with van der Waals surface area (Å²) >= 11 is 0. The van der Waals surface area contributed by atoms with Gasteiger partial charge in [-0.25, -0.2) is 23.1 Å². The second-order valence-corrected chi connectivity index (χ2v) is 15.2. The van der Waals surface area contributed by atoms with E-state index in [0.29, 0.717) is 83.3 Å². The zero-order valence-electron chi connectivity index (χ0n) is 33.2. The largest absolute Gasteiger partial charge is 0.491 e. The molecule has 4 aromatic heterocycles. The molecule has 58 heavy (non-hydrogen) atoms. The second-order valence-electron chi connectivity index (χ2n) is 13.3. The standard InChI is InChI=1S/C38H47N13O6S/c1-7-50-30(18-23(3)46-50)35(53)44-37-42-27-22-26(58(55,56)41-6)12-13-29(27)48(37)15-9-10-16-49-33-28(20-25(34(39)52)21-32(33)57-17-11-14-40-5)43-38(49)45-36(54)31-19-24(4)47-51(31)8-2/h9-10,12-13,18-22,40-41H,7-8,11,14-17H2,1-6H3,(H2,39,52)(H,42,44,53)(H,43,45,54)/b10-9+. The quantitative estimate of drug-likeness (QED) is 0.0624. The van der Waals surface area contributed by atoms with Crippen molar-refractivity contribution in [2.24, 2.45) is 5.73 Å². The normalized spacial score (nSPS) is 11.9. The van der Waals surface area contributed by atoms with Crippen LogP contribution in [0.3, 0.4) is 0 Å². The van der Waals surface area contributed by atoms with E-state index in [-0.39, 0.29) is 35.4 Å². The number of primary amides is 1. The van der Waals surface area contributed by atoms with Gasteiger partial charge in [0.1, 0.15) is 22.7 Å². The summed E-state index contributed by atoms with van der Waals surface area (Å²) in [5.74, 6) is -0.796. The van der Waals surface area contributed by atoms with E-state index in [1.165, 1.54) is 19.2 Å². The molecule has 0 aliphatic rings. The third kappa shape index (κ3) is 8.62. The van der Waals surface area contributed by atoms with Crippen LogP contribution in [0.2, 0.25) is 0 Å². The van der Waals surface area contributed by atoms with Gasteiger partial charge in [-0.15, -0.1) is 0 Å². The number of aryl methyl sites for hydroxylation is 4. The first-order valence-corrected chi connectivity index (χ1v) is 20.2. The van der Waals surface area contributed by atoms with E-state index in [1.807, 2.05) is 33.0 Å². The summed E-state index contributed by atoms with van der Waals surface area (Å²) in [4.78, 5) is 49.0. The van der Waals surface area contributed by atoms with Gasteiger partial charge in [-0.1, -0.05) is 12.2 Å². The van der Waals surface area contributed by atoms with Gasteiger partial charge in [0.2, 0.25) is 27.8 Å². The molecule has 0 aliphatic carbocycles. The Bertz CT molecular complexity index is 2650. The molecule has 3 amide bonds. The average molecular weight is 814 g/mol. The molecule has 4 heterocycles. The minimum Gasteiger partial charge on any atom is -0.491 e. The Morgan fingerprint density at radius 3 is 1.97 bits per heavy atom. The molecule has 19 nitrogen and oxygen atoms in total. The molecule has 2 aromatic carbocycles. The number of rotatable bonds is 18. The van der Waals surface area contributed by atoms with Crippen molar-refractivity contribution >= 4 is 61.7 Å². The van der Waals surface area contributed by atoms with E-state index in [2.05, 4.69) is 35.9 Å². The Kier molecular flexibility index (Phi) is 12.4. The van der Waals surface area contributed by atoms with Gasteiger partial charge in [0.25, 0.3) is 11.8 Å². The zero-order valence-corrected chi connectivity index (χ0v) is 34.0. The van der Waals surface area contributed by atoms with Crippen LogP contribution < -0.4 is 31.1 Å². The van der Waals surface area contributed by atoms with Crippen molar-refractivity contribution in [3.63, 3.8) is 0 Å². The Morgan fingerprint density at radius 2 is 1.40 bits per heavy atom. The van der Waals surface area contributed by atoms with Crippen LogP contribution in [0.4, 0.5) is 11.9 Å². The van der Waals surface area contributed by atoms with Gasteiger partial charge in [0.15, 0.2) is 0 Å². The summed E-state index contributed by atoms with van der Waals surface area (Å²) in [5, 5.41) is 17.7. The SMILES string of the molecule is CCn1nc(C)cc1C(=O)Nc1nc2cc(S(=O)(=O)NC)ccc2n1C/C=C/Cn1c(NC(=O)c2cc(C)nn2CC)nc2cc(C(N)=O)cc(OCCCNC)c21. The summed E-state index contributed by atoms with van der Waals surface area (Å²) in [5.41, 5.74) is 9.75. The maximum atomic E-state index is 13.7. The number of fused-ring (bicyclic) bond motifs is 2. The fourth-order valence-corrected chi connectivity index (χ4v) is 7.24. The summed E-state index contributed by atoms with van der Waals surface area (Å²) < 4.78 is 40.5. The molecule has 0 saturated carbocycles. The highest BCUT2D eigenvalue weighted by Crippen LogP contribution is 2.32. The fraction of sp³-hybridized carbons (Fsp3) is 0.342. The van der Waals surface area contributed by atoms with Crippen molar-refractivity contribution in [2.75, 3.05) is 37.9 Å². The van der Waals surface area contributed by atoms with Crippen LogP contribution >= 0.6 is 0 Å². The van der Waals surface area contributed by atoms with Gasteiger partial charge in [-0.05, 0) is 97.2 Å². The molecule has 306 valence electrons. The number of carbonyl (C=O) groups is 3. The van der Waals surface area contributed by atoms with Gasteiger partial charge >= 0.3 is 0 Å². The van der Waals surface area contributed by atoms with Crippen molar-refractivity contribution < 1.29 is 27.5 Å². The molecule has 0 spiro atoms. The monoisotopic (exact) mass is 813 g/mol. The van der Waals surface area contributed by atoms with E-state index < -0.39 is 27.7 Å². The first-order valence-electron chi connectivity index (χ1n) is 18.7. The van der Waals surface area contributed by atoms with Gasteiger partial charge in [0.05, 0.1) is 39.4 Å². The van der Waals surface area contributed by atoms with Crippen LogP contribution in [-0.2, 0) is 36.2 Å². The highest BCUT2D eigenvalue weighted by atomic mass is 32.2. The van der Waals surface area contributed by atoms with Crippen molar-refractivity contribution in [1.82, 2.24) is 48.7 Å². The number of amides is 3. The Hall–Kier alpha value is -6.38. The number of nitrogens with zero attached hydrogens (tertiary/aromatic N) is 8. The maximum Gasteiger partial charge on any atom is 0.276 e. The number of anilines is 2. The molecule has 0 radical (unpaired) electrons. The van der Waals surface area contributed by atoms with Gasteiger partial charge in [-0.2, -0.15) is 10.2 Å². The minimum absolute atomic E-state index is 0.0161. The Labute approximate surface area is 334 Å². The molecule has 0 unspecified atom stereocenters. The number of imidazole rings is 2. The number of nitrogens with one attached hydrogen (secondary N) is 4. The minimum atomic E-state index is -3.78. The highest BCUT2D eigenvalue weighted by Gasteiger charge is 2.23. The molecule has 6 N–H and O–H groups in total. The maximum absolute atomic E-state index is 13.7. The summed E-state index contributed by atoms with van der Waals surface area (Å²) in [6, 6.07) is 11.0. The van der Waals surface area contributed by atoms with E-state index >= 15 is 0 Å². The van der Waals surface area contributed by atoms with Gasteiger partial charge in [0, 0.05) is 31.7 Å². The van der Waals surface area contributed by atoms with Crippen molar-refractivity contribution in [3.05, 3.63) is 83.0 Å². The van der Waals surface area contributed by atoms with Gasteiger partial charge < -0.3 is 24.9 Å². The van der Waals surface area contributed by atoms with Crippen LogP contribution in [0, 0.1) is 13.8 Å². The fourth-order valence-electron chi connectivity index (χ4n) is 6.49. The molecular formula is C38H47N13O6S. The summed E-state index contributed by atoms with van der Waals surface area (Å²) in [7, 11) is -0.614. The van der Waals surface area contributed by atoms with Crippen LogP contribution in [0.15, 0.2) is 59.5 Å². The average Bonchev–Trinajstić information content (AvgIpc) is 3.96. The van der Waals surface area contributed by atoms with Crippen molar-refractivity contribution in [2.45, 2.75) is 65.2 Å². The lowest BCUT2D eigenvalue weighted by Crippen LogP contribution is -2.20. The molecule has 6 rings (SSSR count). The molecule has 20 heteroatoms. The van der Waals surface area contributed by atoms with E-state index in [9.17, 15) is 22.8 Å². The molecular weight excluding hydrogens is 767 g/mol. The number of ether oxygens (including phenoxy) is 1. The number of nitrogens with two attached hydrogens (primary N) is 1.